The average molecular weight is 328 g/mol. The lowest BCUT2D eigenvalue weighted by atomic mass is 10.1. The van der Waals surface area contributed by atoms with Crippen molar-refractivity contribution in [2.75, 3.05) is 14.2 Å². The van der Waals surface area contributed by atoms with E-state index in [1.807, 2.05) is 0 Å². The van der Waals surface area contributed by atoms with Gasteiger partial charge in [0.25, 0.3) is 0 Å². The molecule has 19 heavy (non-hydrogen) atoms. The number of aromatic carboxylic acids is 1. The van der Waals surface area contributed by atoms with Crippen molar-refractivity contribution in [3.8, 4) is 22.8 Å². The van der Waals surface area contributed by atoms with Crippen molar-refractivity contribution in [2.45, 2.75) is 0 Å². The van der Waals surface area contributed by atoms with Gasteiger partial charge in [0.1, 0.15) is 0 Å². The molecule has 0 aliphatic heterocycles. The molecule has 0 atom stereocenters. The number of hydrogen-bond acceptors (Lipinski definition) is 5. The second kappa shape index (κ2) is 5.31. The molecule has 0 amide bonds. The molecule has 0 radical (unpaired) electrons. The third kappa shape index (κ3) is 2.55. The minimum absolute atomic E-state index is 0.170. The molecule has 6 nitrogen and oxygen atoms in total. The number of halogens is 1. The average Bonchev–Trinajstić information content (AvgIpc) is 2.87. The van der Waals surface area contributed by atoms with Crippen LogP contribution in [0.4, 0.5) is 0 Å². The van der Waals surface area contributed by atoms with Crippen molar-refractivity contribution in [3.63, 3.8) is 0 Å². The van der Waals surface area contributed by atoms with E-state index in [0.717, 1.165) is 4.47 Å². The molecule has 0 bridgehead atoms. The highest BCUT2D eigenvalue weighted by Gasteiger charge is 2.19. The fraction of sp³-hybridized carbons (Fsp3) is 0.167. The molecule has 1 heterocycles. The first-order chi connectivity index (χ1) is 9.06. The van der Waals surface area contributed by atoms with Crippen LogP contribution >= 0.6 is 15.9 Å². The molecule has 0 saturated heterocycles. The third-order valence-corrected chi connectivity index (χ3v) is 2.90. The lowest BCUT2D eigenvalue weighted by Crippen LogP contribution is -1.95. The minimum Gasteiger partial charge on any atom is -0.493 e. The van der Waals surface area contributed by atoms with Crippen molar-refractivity contribution in [1.82, 2.24) is 5.16 Å². The number of rotatable bonds is 4. The van der Waals surface area contributed by atoms with Crippen molar-refractivity contribution in [3.05, 3.63) is 28.4 Å². The van der Waals surface area contributed by atoms with E-state index in [2.05, 4.69) is 21.1 Å². The van der Waals surface area contributed by atoms with Crippen molar-refractivity contribution in [2.24, 2.45) is 0 Å². The highest BCUT2D eigenvalue weighted by Crippen LogP contribution is 2.40. The Kier molecular flexibility index (Phi) is 3.75. The number of carboxylic acid groups (broad SMARTS) is 1. The topological polar surface area (TPSA) is 81.8 Å². The highest BCUT2D eigenvalue weighted by atomic mass is 79.9. The van der Waals surface area contributed by atoms with Gasteiger partial charge in [-0.3, -0.25) is 0 Å². The number of carbonyl (C=O) groups is 1. The van der Waals surface area contributed by atoms with Gasteiger partial charge in [0, 0.05) is 10.5 Å². The van der Waals surface area contributed by atoms with Gasteiger partial charge in [0.05, 0.1) is 19.8 Å². The van der Waals surface area contributed by atoms with Gasteiger partial charge in [-0.1, -0.05) is 21.1 Å². The van der Waals surface area contributed by atoms with E-state index in [4.69, 9.17) is 19.1 Å². The van der Waals surface area contributed by atoms with Crippen molar-refractivity contribution < 1.29 is 23.9 Å². The molecule has 0 aliphatic carbocycles. The first-order valence-corrected chi connectivity index (χ1v) is 5.98. The quantitative estimate of drug-likeness (QED) is 0.929. The molecule has 1 aromatic carbocycles. The molecule has 1 N–H and O–H groups in total. The van der Waals surface area contributed by atoms with Gasteiger partial charge < -0.3 is 19.1 Å². The van der Waals surface area contributed by atoms with Crippen LogP contribution < -0.4 is 9.47 Å². The monoisotopic (exact) mass is 327 g/mol. The van der Waals surface area contributed by atoms with Crippen LogP contribution in [0.15, 0.2) is 27.2 Å². The fourth-order valence-corrected chi connectivity index (χ4v) is 2.05. The summed E-state index contributed by atoms with van der Waals surface area (Å²) in [5, 5.41) is 12.3. The first kappa shape index (κ1) is 13.4. The Morgan fingerprint density at radius 3 is 2.58 bits per heavy atom. The number of nitrogens with zero attached hydrogens (tertiary/aromatic N) is 1. The summed E-state index contributed by atoms with van der Waals surface area (Å²) in [5.74, 6) is 0.0729. The van der Waals surface area contributed by atoms with Gasteiger partial charge in [-0.05, 0) is 12.1 Å². The van der Waals surface area contributed by atoms with Crippen LogP contribution in [0.1, 0.15) is 10.5 Å². The summed E-state index contributed by atoms with van der Waals surface area (Å²) in [6.45, 7) is 0. The van der Waals surface area contributed by atoms with Gasteiger partial charge in [0.2, 0.25) is 0 Å². The van der Waals surface area contributed by atoms with Gasteiger partial charge in [-0.25, -0.2) is 4.79 Å². The molecule has 2 aromatic rings. The zero-order chi connectivity index (χ0) is 14.0. The molecule has 0 unspecified atom stereocenters. The molecule has 0 saturated carbocycles. The van der Waals surface area contributed by atoms with Gasteiger partial charge in [0.15, 0.2) is 23.0 Å². The number of methoxy groups -OCH3 is 2. The Bertz CT molecular complexity index is 623. The Labute approximate surface area is 117 Å². The predicted molar refractivity (Wildman–Crippen MR) is 69.7 cm³/mol. The molecular weight excluding hydrogens is 318 g/mol. The molecular formula is C12H10BrNO5. The molecule has 2 rings (SSSR count). The standard InChI is InChI=1S/C12H10BrNO5/c1-17-10-4-6(13)3-7(11(10)18-2)9-5-8(12(15)16)14-19-9/h3-5H,1-2H3,(H,15,16). The first-order valence-electron chi connectivity index (χ1n) is 5.18. The molecule has 100 valence electrons. The summed E-state index contributed by atoms with van der Waals surface area (Å²) in [7, 11) is 3.00. The molecule has 7 heteroatoms. The van der Waals surface area contributed by atoms with Crippen LogP contribution in [0.3, 0.4) is 0 Å². The van der Waals surface area contributed by atoms with Gasteiger partial charge in [-0.2, -0.15) is 0 Å². The predicted octanol–water partition coefficient (Wildman–Crippen LogP) is 2.82. The van der Waals surface area contributed by atoms with E-state index < -0.39 is 5.97 Å². The summed E-state index contributed by atoms with van der Waals surface area (Å²) in [6.07, 6.45) is 0. The normalized spacial score (nSPS) is 10.3. The zero-order valence-electron chi connectivity index (χ0n) is 10.1. The van der Waals surface area contributed by atoms with Crippen molar-refractivity contribution in [1.29, 1.82) is 0 Å². The van der Waals surface area contributed by atoms with Gasteiger partial charge in [-0.15, -0.1) is 0 Å². The number of aromatic nitrogens is 1. The smallest absolute Gasteiger partial charge is 0.358 e. The minimum atomic E-state index is -1.16. The van der Waals surface area contributed by atoms with Gasteiger partial charge >= 0.3 is 5.97 Å². The highest BCUT2D eigenvalue weighted by molar-refractivity contribution is 9.10. The van der Waals surface area contributed by atoms with Crippen LogP contribution in [0, 0.1) is 0 Å². The van der Waals surface area contributed by atoms with E-state index in [-0.39, 0.29) is 11.5 Å². The van der Waals surface area contributed by atoms with E-state index in [1.54, 1.807) is 12.1 Å². The summed E-state index contributed by atoms with van der Waals surface area (Å²) in [5.41, 5.74) is 0.379. The Hall–Kier alpha value is -2.02. The summed E-state index contributed by atoms with van der Waals surface area (Å²) in [4.78, 5) is 10.8. The lowest BCUT2D eigenvalue weighted by molar-refractivity contribution is 0.0686. The second-order valence-electron chi connectivity index (χ2n) is 3.57. The molecule has 0 aliphatic rings. The number of ether oxygens (including phenoxy) is 2. The molecule has 0 spiro atoms. The molecule has 1 aromatic heterocycles. The largest absolute Gasteiger partial charge is 0.493 e. The summed E-state index contributed by atoms with van der Waals surface area (Å²) >= 11 is 3.34. The van der Waals surface area contributed by atoms with E-state index in [9.17, 15) is 4.79 Å². The van der Waals surface area contributed by atoms with Crippen LogP contribution in [-0.2, 0) is 0 Å². The Balaban J connectivity index is 2.59. The second-order valence-corrected chi connectivity index (χ2v) is 4.49. The van der Waals surface area contributed by atoms with Crippen LogP contribution in [-0.4, -0.2) is 30.5 Å². The number of benzene rings is 1. The van der Waals surface area contributed by atoms with Crippen LogP contribution in [0.2, 0.25) is 0 Å². The fourth-order valence-electron chi connectivity index (χ4n) is 1.62. The number of hydrogen-bond donors (Lipinski definition) is 1. The molecule has 0 fully saturated rings. The van der Waals surface area contributed by atoms with E-state index >= 15 is 0 Å². The van der Waals surface area contributed by atoms with Crippen LogP contribution in [0.5, 0.6) is 11.5 Å². The van der Waals surface area contributed by atoms with Crippen LogP contribution in [0.25, 0.3) is 11.3 Å². The summed E-state index contributed by atoms with van der Waals surface area (Å²) in [6, 6.07) is 4.79. The number of carboxylic acids is 1. The SMILES string of the molecule is COc1cc(Br)cc(-c2cc(C(=O)O)no2)c1OC. The van der Waals surface area contributed by atoms with E-state index in [0.29, 0.717) is 17.1 Å². The Morgan fingerprint density at radius 1 is 1.32 bits per heavy atom. The lowest BCUT2D eigenvalue weighted by Gasteiger charge is -2.11. The maximum atomic E-state index is 10.8. The zero-order valence-corrected chi connectivity index (χ0v) is 11.7. The summed E-state index contributed by atoms with van der Waals surface area (Å²) < 4.78 is 16.2. The Morgan fingerprint density at radius 2 is 2.05 bits per heavy atom. The third-order valence-electron chi connectivity index (χ3n) is 2.44. The maximum absolute atomic E-state index is 10.8. The maximum Gasteiger partial charge on any atom is 0.358 e. The van der Waals surface area contributed by atoms with E-state index in [1.165, 1.54) is 20.3 Å². The van der Waals surface area contributed by atoms with Crippen molar-refractivity contribution >= 4 is 21.9 Å².